The average Bonchev–Trinajstić information content (AvgIpc) is 2.98. The zero-order chi connectivity index (χ0) is 13.7. The van der Waals surface area contributed by atoms with Crippen LogP contribution < -0.4 is 0 Å². The molecule has 0 aromatic heterocycles. The molecule has 7 heteroatoms. The molecule has 2 heterocycles. The molecule has 2 rings (SSSR count). The fraction of sp³-hybridized carbons (Fsp3) is 0.833. The van der Waals surface area contributed by atoms with E-state index in [2.05, 4.69) is 0 Å². The summed E-state index contributed by atoms with van der Waals surface area (Å²) in [7, 11) is 0. The van der Waals surface area contributed by atoms with E-state index >= 15 is 0 Å². The van der Waals surface area contributed by atoms with E-state index in [0.29, 0.717) is 32.8 Å². The maximum Gasteiger partial charge on any atom is 0.409 e. The molecule has 2 aliphatic heterocycles. The summed E-state index contributed by atoms with van der Waals surface area (Å²) >= 11 is 0. The van der Waals surface area contributed by atoms with E-state index in [9.17, 15) is 9.59 Å². The van der Waals surface area contributed by atoms with Gasteiger partial charge in [0.25, 0.3) is 5.91 Å². The Morgan fingerprint density at radius 2 is 1.89 bits per heavy atom. The SMILES string of the molecule is O=C(OCCO)N1CCN(C(=O)C2CCCO2)CC1. The Bertz CT molecular complexity index is 322. The standard InChI is InChI=1S/C12H20N2O5/c15-7-9-19-12(17)14-5-3-13(4-6-14)11(16)10-2-1-8-18-10/h10,15H,1-9H2. The second-order valence-electron chi connectivity index (χ2n) is 4.65. The van der Waals surface area contributed by atoms with Crippen LogP contribution in [0.3, 0.4) is 0 Å². The molecule has 2 aliphatic rings. The van der Waals surface area contributed by atoms with Gasteiger partial charge in [0.05, 0.1) is 6.61 Å². The van der Waals surface area contributed by atoms with Crippen molar-refractivity contribution in [3.63, 3.8) is 0 Å². The molecule has 7 nitrogen and oxygen atoms in total. The number of aliphatic hydroxyl groups is 1. The molecule has 0 aromatic carbocycles. The highest BCUT2D eigenvalue weighted by Crippen LogP contribution is 2.16. The van der Waals surface area contributed by atoms with E-state index in [1.165, 1.54) is 0 Å². The number of carbonyl (C=O) groups excluding carboxylic acids is 2. The molecule has 0 spiro atoms. The summed E-state index contributed by atoms with van der Waals surface area (Å²) in [5.41, 5.74) is 0. The van der Waals surface area contributed by atoms with Crippen molar-refractivity contribution in [3.05, 3.63) is 0 Å². The smallest absolute Gasteiger partial charge is 0.409 e. The van der Waals surface area contributed by atoms with Crippen molar-refractivity contribution in [2.75, 3.05) is 46.0 Å². The van der Waals surface area contributed by atoms with Crippen molar-refractivity contribution < 1.29 is 24.2 Å². The Labute approximate surface area is 112 Å². The number of ether oxygens (including phenoxy) is 2. The summed E-state index contributed by atoms with van der Waals surface area (Å²) in [5, 5.41) is 8.59. The average molecular weight is 272 g/mol. The van der Waals surface area contributed by atoms with Gasteiger partial charge in [-0.2, -0.15) is 0 Å². The first-order valence-corrected chi connectivity index (χ1v) is 6.65. The molecular formula is C12H20N2O5. The highest BCUT2D eigenvalue weighted by molar-refractivity contribution is 5.81. The predicted molar refractivity (Wildman–Crippen MR) is 65.6 cm³/mol. The summed E-state index contributed by atoms with van der Waals surface area (Å²) in [6, 6.07) is 0. The molecule has 2 fully saturated rings. The van der Waals surface area contributed by atoms with Crippen molar-refractivity contribution in [3.8, 4) is 0 Å². The Balaban J connectivity index is 1.75. The predicted octanol–water partition coefficient (Wildman–Crippen LogP) is -0.561. The summed E-state index contributed by atoms with van der Waals surface area (Å²) in [6.45, 7) is 2.42. The Kier molecular flexibility index (Phi) is 4.98. The van der Waals surface area contributed by atoms with Crippen LogP contribution in [-0.2, 0) is 14.3 Å². The van der Waals surface area contributed by atoms with Gasteiger partial charge in [-0.05, 0) is 12.8 Å². The molecule has 2 saturated heterocycles. The van der Waals surface area contributed by atoms with Crippen LogP contribution in [0.25, 0.3) is 0 Å². The second-order valence-corrected chi connectivity index (χ2v) is 4.65. The third kappa shape index (κ3) is 3.57. The van der Waals surface area contributed by atoms with E-state index in [0.717, 1.165) is 12.8 Å². The molecule has 1 atom stereocenters. The van der Waals surface area contributed by atoms with Gasteiger partial charge in [0, 0.05) is 32.8 Å². The van der Waals surface area contributed by atoms with Crippen LogP contribution in [0, 0.1) is 0 Å². The van der Waals surface area contributed by atoms with Crippen molar-refractivity contribution >= 4 is 12.0 Å². The summed E-state index contributed by atoms with van der Waals surface area (Å²) in [4.78, 5) is 26.9. The molecule has 1 N–H and O–H groups in total. The molecular weight excluding hydrogens is 252 g/mol. The van der Waals surface area contributed by atoms with Gasteiger partial charge < -0.3 is 24.4 Å². The van der Waals surface area contributed by atoms with Gasteiger partial charge in [-0.15, -0.1) is 0 Å². The van der Waals surface area contributed by atoms with Crippen molar-refractivity contribution in [2.24, 2.45) is 0 Å². The van der Waals surface area contributed by atoms with Crippen LogP contribution in [0.1, 0.15) is 12.8 Å². The van der Waals surface area contributed by atoms with Crippen LogP contribution in [0.2, 0.25) is 0 Å². The fourth-order valence-corrected chi connectivity index (χ4v) is 2.31. The number of nitrogens with zero attached hydrogens (tertiary/aromatic N) is 2. The molecule has 108 valence electrons. The molecule has 0 aromatic rings. The molecule has 1 unspecified atom stereocenters. The number of carbonyl (C=O) groups is 2. The summed E-state index contributed by atoms with van der Waals surface area (Å²) < 4.78 is 10.2. The van der Waals surface area contributed by atoms with E-state index in [-0.39, 0.29) is 25.2 Å². The van der Waals surface area contributed by atoms with Gasteiger partial charge in [0.1, 0.15) is 12.7 Å². The molecule has 19 heavy (non-hydrogen) atoms. The zero-order valence-electron chi connectivity index (χ0n) is 10.9. The second kappa shape index (κ2) is 6.72. The number of aliphatic hydroxyl groups excluding tert-OH is 1. The van der Waals surface area contributed by atoms with E-state index in [1.54, 1.807) is 9.80 Å². The number of hydrogen-bond donors (Lipinski definition) is 1. The van der Waals surface area contributed by atoms with Gasteiger partial charge in [-0.25, -0.2) is 4.79 Å². The monoisotopic (exact) mass is 272 g/mol. The highest BCUT2D eigenvalue weighted by Gasteiger charge is 2.31. The molecule has 2 amide bonds. The summed E-state index contributed by atoms with van der Waals surface area (Å²) in [5.74, 6) is 0.0286. The van der Waals surface area contributed by atoms with E-state index in [4.69, 9.17) is 14.6 Å². The van der Waals surface area contributed by atoms with Crippen molar-refractivity contribution in [2.45, 2.75) is 18.9 Å². The quantitative estimate of drug-likeness (QED) is 0.745. The Morgan fingerprint density at radius 3 is 2.47 bits per heavy atom. The number of amides is 2. The number of rotatable bonds is 3. The maximum atomic E-state index is 12.1. The lowest BCUT2D eigenvalue weighted by Gasteiger charge is -2.35. The molecule has 0 aliphatic carbocycles. The first-order chi connectivity index (χ1) is 9.22. The van der Waals surface area contributed by atoms with Crippen molar-refractivity contribution in [1.29, 1.82) is 0 Å². The normalized spacial score (nSPS) is 23.5. The maximum absolute atomic E-state index is 12.1. The van der Waals surface area contributed by atoms with Crippen LogP contribution in [0.4, 0.5) is 4.79 Å². The Hall–Kier alpha value is -1.34. The van der Waals surface area contributed by atoms with Gasteiger partial charge in [-0.3, -0.25) is 4.79 Å². The lowest BCUT2D eigenvalue weighted by atomic mass is 10.2. The molecule has 0 radical (unpaired) electrons. The van der Waals surface area contributed by atoms with E-state index in [1.807, 2.05) is 0 Å². The minimum atomic E-state index is -0.432. The fourth-order valence-electron chi connectivity index (χ4n) is 2.31. The minimum Gasteiger partial charge on any atom is -0.447 e. The zero-order valence-corrected chi connectivity index (χ0v) is 10.9. The van der Waals surface area contributed by atoms with E-state index < -0.39 is 6.09 Å². The first kappa shape index (κ1) is 14.1. The number of hydrogen-bond acceptors (Lipinski definition) is 5. The topological polar surface area (TPSA) is 79.3 Å². The van der Waals surface area contributed by atoms with Crippen LogP contribution >= 0.6 is 0 Å². The summed E-state index contributed by atoms with van der Waals surface area (Å²) in [6.07, 6.45) is 0.993. The molecule has 0 saturated carbocycles. The van der Waals surface area contributed by atoms with Crippen LogP contribution in [0.5, 0.6) is 0 Å². The van der Waals surface area contributed by atoms with Gasteiger partial charge >= 0.3 is 6.09 Å². The Morgan fingerprint density at radius 1 is 1.21 bits per heavy atom. The third-order valence-electron chi connectivity index (χ3n) is 3.37. The minimum absolute atomic E-state index is 0.00783. The lowest BCUT2D eigenvalue weighted by Crippen LogP contribution is -2.53. The highest BCUT2D eigenvalue weighted by atomic mass is 16.6. The lowest BCUT2D eigenvalue weighted by molar-refractivity contribution is -0.142. The van der Waals surface area contributed by atoms with Crippen LogP contribution in [0.15, 0.2) is 0 Å². The largest absolute Gasteiger partial charge is 0.447 e. The van der Waals surface area contributed by atoms with Gasteiger partial charge in [0.2, 0.25) is 0 Å². The van der Waals surface area contributed by atoms with Gasteiger partial charge in [0.15, 0.2) is 0 Å². The van der Waals surface area contributed by atoms with Crippen molar-refractivity contribution in [1.82, 2.24) is 9.80 Å². The number of piperazine rings is 1. The van der Waals surface area contributed by atoms with Gasteiger partial charge in [-0.1, -0.05) is 0 Å². The third-order valence-corrected chi connectivity index (χ3v) is 3.37. The first-order valence-electron chi connectivity index (χ1n) is 6.65. The molecule has 0 bridgehead atoms. The van der Waals surface area contributed by atoms with Crippen LogP contribution in [-0.4, -0.2) is 79.0 Å².